The zero-order valence-corrected chi connectivity index (χ0v) is 6.43. The first-order chi connectivity index (χ1) is 4.97. The lowest BCUT2D eigenvalue weighted by atomic mass is 10.4. The van der Waals surface area contributed by atoms with Gasteiger partial charge in [0.15, 0.2) is 11.1 Å². The molecule has 0 unspecified atom stereocenters. The summed E-state index contributed by atoms with van der Waals surface area (Å²) in [7, 11) is 0. The first-order valence-corrected chi connectivity index (χ1v) is 4.50. The van der Waals surface area contributed by atoms with Gasteiger partial charge in [0.1, 0.15) is 0 Å². The van der Waals surface area contributed by atoms with Crippen LogP contribution in [0.1, 0.15) is 11.1 Å². The number of thioether (sulfide) groups is 1. The lowest BCUT2D eigenvalue weighted by Gasteiger charge is -1.99. The van der Waals surface area contributed by atoms with Crippen molar-refractivity contribution in [3.05, 3.63) is 24.2 Å². The number of furan rings is 1. The molecule has 1 aliphatic rings. The molecule has 54 valence electrons. The number of rotatable bonds is 1. The number of hydrogen-bond donors (Lipinski definition) is 1. The molecule has 3 heteroatoms. The van der Waals surface area contributed by atoms with Crippen LogP contribution in [-0.4, -0.2) is 12.3 Å². The summed E-state index contributed by atoms with van der Waals surface area (Å²) in [6.45, 7) is 1.22. The fourth-order valence-electron chi connectivity index (χ4n) is 1.13. The van der Waals surface area contributed by atoms with E-state index in [0.717, 1.165) is 5.76 Å². The maximum Gasteiger partial charge on any atom is 0.191 e. The van der Waals surface area contributed by atoms with Crippen LogP contribution in [0, 0.1) is 0 Å². The smallest absolute Gasteiger partial charge is 0.191 e. The summed E-state index contributed by atoms with van der Waals surface area (Å²) in [6, 6.07) is 3.99. The lowest BCUT2D eigenvalue weighted by Crippen LogP contribution is -2.81. The minimum atomic E-state index is 0.523. The van der Waals surface area contributed by atoms with E-state index in [0.29, 0.717) is 5.37 Å². The summed E-state index contributed by atoms with van der Waals surface area (Å²) >= 11 is 1.95. The minimum Gasteiger partial charge on any atom is -0.462 e. The second kappa shape index (κ2) is 2.68. The van der Waals surface area contributed by atoms with Gasteiger partial charge in [0.25, 0.3) is 0 Å². The summed E-state index contributed by atoms with van der Waals surface area (Å²) in [6.07, 6.45) is 1.74. The van der Waals surface area contributed by atoms with Gasteiger partial charge >= 0.3 is 0 Å². The zero-order valence-electron chi connectivity index (χ0n) is 5.62. The van der Waals surface area contributed by atoms with Gasteiger partial charge in [0.05, 0.1) is 12.8 Å². The summed E-state index contributed by atoms with van der Waals surface area (Å²) in [5.74, 6) is 2.34. The molecule has 10 heavy (non-hydrogen) atoms. The Hall–Kier alpha value is -0.410. The third-order valence-electron chi connectivity index (χ3n) is 1.62. The number of nitrogens with two attached hydrogens (primary N) is 1. The number of hydrogen-bond acceptors (Lipinski definition) is 2. The van der Waals surface area contributed by atoms with Crippen molar-refractivity contribution in [3.63, 3.8) is 0 Å². The van der Waals surface area contributed by atoms with E-state index >= 15 is 0 Å². The average Bonchev–Trinajstić information content (AvgIpc) is 2.59. The van der Waals surface area contributed by atoms with Gasteiger partial charge in [-0.3, -0.25) is 0 Å². The predicted octanol–water partition coefficient (Wildman–Crippen LogP) is 0.588. The Kier molecular flexibility index (Phi) is 1.69. The summed E-state index contributed by atoms with van der Waals surface area (Å²) in [4.78, 5) is 0. The van der Waals surface area contributed by atoms with E-state index in [1.807, 2.05) is 23.9 Å². The molecule has 1 aliphatic heterocycles. The molecular formula is C7H10NOS+. The normalized spacial score (nSPS) is 25.4. The lowest BCUT2D eigenvalue weighted by molar-refractivity contribution is -0.664. The minimum absolute atomic E-state index is 0.523. The van der Waals surface area contributed by atoms with E-state index in [1.54, 1.807) is 6.26 Å². The second-order valence-corrected chi connectivity index (χ2v) is 3.58. The highest BCUT2D eigenvalue weighted by molar-refractivity contribution is 7.99. The molecule has 0 aliphatic carbocycles. The van der Waals surface area contributed by atoms with Crippen molar-refractivity contribution in [2.45, 2.75) is 5.37 Å². The quantitative estimate of drug-likeness (QED) is 0.645. The predicted molar refractivity (Wildman–Crippen MR) is 40.7 cm³/mol. The maximum absolute atomic E-state index is 5.27. The molecule has 2 rings (SSSR count). The van der Waals surface area contributed by atoms with Crippen molar-refractivity contribution in [3.8, 4) is 0 Å². The number of quaternary nitrogens is 1. The summed E-state index contributed by atoms with van der Waals surface area (Å²) in [5.41, 5.74) is 0. The van der Waals surface area contributed by atoms with Gasteiger partial charge in [-0.1, -0.05) is 11.8 Å². The van der Waals surface area contributed by atoms with Gasteiger partial charge in [-0.2, -0.15) is 0 Å². The van der Waals surface area contributed by atoms with Crippen molar-refractivity contribution in [1.82, 2.24) is 0 Å². The Balaban J connectivity index is 2.12. The zero-order chi connectivity index (χ0) is 6.81. The fraction of sp³-hybridized carbons (Fsp3) is 0.429. The molecule has 0 aromatic carbocycles. The van der Waals surface area contributed by atoms with Crippen molar-refractivity contribution in [1.29, 1.82) is 0 Å². The molecule has 2 heterocycles. The van der Waals surface area contributed by atoms with Crippen LogP contribution in [-0.2, 0) is 0 Å². The van der Waals surface area contributed by atoms with E-state index in [1.165, 1.54) is 12.3 Å². The van der Waals surface area contributed by atoms with Gasteiger partial charge in [-0.15, -0.1) is 0 Å². The van der Waals surface area contributed by atoms with Crippen molar-refractivity contribution >= 4 is 11.8 Å². The summed E-state index contributed by atoms with van der Waals surface area (Å²) in [5, 5.41) is 2.83. The largest absolute Gasteiger partial charge is 0.462 e. The van der Waals surface area contributed by atoms with Crippen LogP contribution in [0.5, 0.6) is 0 Å². The Labute approximate surface area is 64.0 Å². The monoisotopic (exact) mass is 156 g/mol. The van der Waals surface area contributed by atoms with Crippen molar-refractivity contribution in [2.24, 2.45) is 0 Å². The molecule has 1 aromatic rings. The van der Waals surface area contributed by atoms with Crippen LogP contribution in [0.25, 0.3) is 0 Å². The highest BCUT2D eigenvalue weighted by atomic mass is 32.2. The van der Waals surface area contributed by atoms with Crippen LogP contribution in [0.4, 0.5) is 0 Å². The first-order valence-electron chi connectivity index (χ1n) is 3.45. The van der Waals surface area contributed by atoms with E-state index < -0.39 is 0 Å². The van der Waals surface area contributed by atoms with Gasteiger partial charge in [-0.05, 0) is 12.1 Å². The van der Waals surface area contributed by atoms with Crippen LogP contribution in [0.2, 0.25) is 0 Å². The van der Waals surface area contributed by atoms with Crippen LogP contribution in [0.15, 0.2) is 22.8 Å². The molecule has 2 nitrogen and oxygen atoms in total. The topological polar surface area (TPSA) is 29.8 Å². The molecule has 0 bridgehead atoms. The van der Waals surface area contributed by atoms with E-state index in [4.69, 9.17) is 4.42 Å². The van der Waals surface area contributed by atoms with Gasteiger partial charge in [0.2, 0.25) is 0 Å². The van der Waals surface area contributed by atoms with E-state index in [2.05, 4.69) is 5.32 Å². The van der Waals surface area contributed by atoms with Gasteiger partial charge in [-0.25, -0.2) is 0 Å². The van der Waals surface area contributed by atoms with E-state index in [9.17, 15) is 0 Å². The molecule has 1 saturated heterocycles. The standard InChI is InChI=1S/C7H9NOS/c1-2-6(9-4-1)7-8-3-5-10-7/h1-2,4,7-8H,3,5H2/p+1/t7-/m0/s1. The third kappa shape index (κ3) is 1.07. The fourth-order valence-corrected chi connectivity index (χ4v) is 2.23. The molecule has 1 atom stereocenters. The van der Waals surface area contributed by atoms with Crippen LogP contribution >= 0.6 is 11.8 Å². The van der Waals surface area contributed by atoms with Crippen LogP contribution in [0.3, 0.4) is 0 Å². The Morgan fingerprint density at radius 2 is 2.70 bits per heavy atom. The van der Waals surface area contributed by atoms with Gasteiger partial charge in [0, 0.05) is 5.75 Å². The third-order valence-corrected chi connectivity index (χ3v) is 2.87. The highest BCUT2D eigenvalue weighted by Gasteiger charge is 2.22. The molecule has 0 amide bonds. The molecular weight excluding hydrogens is 146 g/mol. The maximum atomic E-state index is 5.27. The molecule has 1 fully saturated rings. The average molecular weight is 156 g/mol. The molecule has 0 radical (unpaired) electrons. The molecule has 1 aromatic heterocycles. The van der Waals surface area contributed by atoms with Crippen molar-refractivity contribution in [2.75, 3.05) is 12.3 Å². The molecule has 2 N–H and O–H groups in total. The Morgan fingerprint density at radius 3 is 3.30 bits per heavy atom. The highest BCUT2D eigenvalue weighted by Crippen LogP contribution is 2.24. The molecule has 0 saturated carbocycles. The first kappa shape index (κ1) is 6.31. The van der Waals surface area contributed by atoms with Crippen LogP contribution < -0.4 is 5.32 Å². The van der Waals surface area contributed by atoms with E-state index in [-0.39, 0.29) is 0 Å². The molecule has 0 spiro atoms. The van der Waals surface area contributed by atoms with Crippen molar-refractivity contribution < 1.29 is 9.73 Å². The Bertz CT molecular complexity index is 191. The van der Waals surface area contributed by atoms with Gasteiger partial charge < -0.3 is 9.73 Å². The second-order valence-electron chi connectivity index (χ2n) is 2.33. The SMILES string of the molecule is c1coc([C@H]2[NH2+]CCS2)c1. The summed E-state index contributed by atoms with van der Waals surface area (Å²) < 4.78 is 5.27. The Morgan fingerprint density at radius 1 is 1.70 bits per heavy atom.